The number of carbonyl (C=O) groups excluding carboxylic acids is 1. The molecule has 2 heterocycles. The van der Waals surface area contributed by atoms with E-state index in [9.17, 15) is 4.79 Å². The molecule has 3 aromatic rings. The third-order valence-corrected chi connectivity index (χ3v) is 6.76. The number of allylic oxidation sites excluding steroid dienone is 1. The highest BCUT2D eigenvalue weighted by Crippen LogP contribution is 2.38. The van der Waals surface area contributed by atoms with Crippen LogP contribution in [0.4, 0.5) is 5.95 Å². The van der Waals surface area contributed by atoms with Gasteiger partial charge in [-0.3, -0.25) is 0 Å². The van der Waals surface area contributed by atoms with E-state index >= 15 is 0 Å². The molecule has 1 unspecified atom stereocenters. The number of thioether (sulfide) groups is 1. The molecule has 9 heteroatoms. The quantitative estimate of drug-likeness (QED) is 0.202. The number of nitrogens with one attached hydrogen (secondary N) is 1. The van der Waals surface area contributed by atoms with E-state index in [-0.39, 0.29) is 6.61 Å². The van der Waals surface area contributed by atoms with Crippen molar-refractivity contribution >= 4 is 35.3 Å². The number of ether oxygens (including phenoxy) is 2. The molecule has 0 saturated heterocycles. The molecule has 0 bridgehead atoms. The van der Waals surface area contributed by atoms with Gasteiger partial charge in [0, 0.05) is 22.0 Å². The van der Waals surface area contributed by atoms with E-state index in [1.807, 2.05) is 55.5 Å². The number of fused-ring (bicyclic) bond motifs is 1. The lowest BCUT2D eigenvalue weighted by Gasteiger charge is -2.28. The van der Waals surface area contributed by atoms with Crippen LogP contribution in [0.3, 0.4) is 0 Å². The smallest absolute Gasteiger partial charge is 0.338 e. The summed E-state index contributed by atoms with van der Waals surface area (Å²) in [7, 11) is 0. The Kier molecular flexibility index (Phi) is 8.15. The highest BCUT2D eigenvalue weighted by molar-refractivity contribution is 7.99. The van der Waals surface area contributed by atoms with Gasteiger partial charge in [-0.05, 0) is 37.1 Å². The molecular weight excluding hydrogens is 484 g/mol. The van der Waals surface area contributed by atoms with Crippen LogP contribution >= 0.6 is 23.4 Å². The maximum atomic E-state index is 13.1. The normalized spacial score (nSPS) is 14.8. The van der Waals surface area contributed by atoms with E-state index in [0.29, 0.717) is 39.8 Å². The van der Waals surface area contributed by atoms with Gasteiger partial charge in [0.2, 0.25) is 11.1 Å². The second-order valence-corrected chi connectivity index (χ2v) is 9.39. The number of hydrogen-bond acceptors (Lipinski definition) is 7. The molecule has 1 aliphatic heterocycles. The standard InChI is InChI=1S/C26H27ClN4O3S/c1-4-13-33-24(32)22-17(3)28-25-29-26(35-14-5-2)30-31(25)23(22)18-10-8-11-20(15-18)34-16-19-9-6-7-12-21(19)27/h4,6-12,15,23H,1,5,13-14,16H2,2-3H3,(H,28,29,30). The second kappa shape index (κ2) is 11.5. The van der Waals surface area contributed by atoms with Gasteiger partial charge < -0.3 is 14.8 Å². The molecule has 2 aromatic carbocycles. The molecule has 7 nitrogen and oxygen atoms in total. The minimum atomic E-state index is -0.532. The molecule has 182 valence electrons. The third-order valence-electron chi connectivity index (χ3n) is 5.35. The number of carbonyl (C=O) groups is 1. The van der Waals surface area contributed by atoms with Crippen molar-refractivity contribution in [3.8, 4) is 5.75 Å². The van der Waals surface area contributed by atoms with Crippen LogP contribution in [0.25, 0.3) is 0 Å². The average molecular weight is 511 g/mol. The molecule has 35 heavy (non-hydrogen) atoms. The molecule has 1 aromatic heterocycles. The van der Waals surface area contributed by atoms with E-state index in [4.69, 9.17) is 26.2 Å². The van der Waals surface area contributed by atoms with E-state index in [1.54, 1.807) is 22.5 Å². The van der Waals surface area contributed by atoms with Gasteiger partial charge in [0.25, 0.3) is 0 Å². The lowest BCUT2D eigenvalue weighted by atomic mass is 9.95. The van der Waals surface area contributed by atoms with Crippen molar-refractivity contribution in [2.45, 2.75) is 38.1 Å². The first-order valence-electron chi connectivity index (χ1n) is 11.3. The van der Waals surface area contributed by atoms with Crippen molar-refractivity contribution in [3.05, 3.63) is 88.6 Å². The fourth-order valence-electron chi connectivity index (χ4n) is 3.72. The topological polar surface area (TPSA) is 78.3 Å². The van der Waals surface area contributed by atoms with Crippen molar-refractivity contribution in [2.75, 3.05) is 17.7 Å². The molecule has 1 N–H and O–H groups in total. The minimum Gasteiger partial charge on any atom is -0.489 e. The molecule has 1 aliphatic rings. The number of benzene rings is 2. The zero-order chi connectivity index (χ0) is 24.8. The van der Waals surface area contributed by atoms with Gasteiger partial charge in [-0.15, -0.1) is 5.10 Å². The maximum Gasteiger partial charge on any atom is 0.338 e. The van der Waals surface area contributed by atoms with Crippen molar-refractivity contribution < 1.29 is 14.3 Å². The third kappa shape index (κ3) is 5.71. The molecule has 0 amide bonds. The van der Waals surface area contributed by atoms with Gasteiger partial charge in [-0.2, -0.15) is 4.98 Å². The number of halogens is 1. The lowest BCUT2D eigenvalue weighted by Crippen LogP contribution is -2.29. The predicted octanol–water partition coefficient (Wildman–Crippen LogP) is 6.03. The van der Waals surface area contributed by atoms with E-state index in [1.165, 1.54) is 0 Å². The number of hydrogen-bond donors (Lipinski definition) is 1. The number of nitrogens with zero attached hydrogens (tertiary/aromatic N) is 3. The summed E-state index contributed by atoms with van der Waals surface area (Å²) in [6.07, 6.45) is 2.55. The van der Waals surface area contributed by atoms with Gasteiger partial charge >= 0.3 is 5.97 Å². The molecule has 4 rings (SSSR count). The van der Waals surface area contributed by atoms with Gasteiger partial charge in [0.15, 0.2) is 0 Å². The summed E-state index contributed by atoms with van der Waals surface area (Å²) in [5.41, 5.74) is 2.84. The van der Waals surface area contributed by atoms with Crippen molar-refractivity contribution in [1.82, 2.24) is 14.8 Å². The van der Waals surface area contributed by atoms with Crippen LogP contribution in [0.5, 0.6) is 5.75 Å². The Labute approximate surface area is 214 Å². The summed E-state index contributed by atoms with van der Waals surface area (Å²) < 4.78 is 13.2. The Bertz CT molecular complexity index is 1260. The Balaban J connectivity index is 1.69. The largest absolute Gasteiger partial charge is 0.489 e. The van der Waals surface area contributed by atoms with Crippen LogP contribution in [-0.2, 0) is 16.1 Å². The Morgan fingerprint density at radius 3 is 2.89 bits per heavy atom. The molecule has 0 radical (unpaired) electrons. The second-order valence-electron chi connectivity index (χ2n) is 7.92. The molecule has 0 aliphatic carbocycles. The van der Waals surface area contributed by atoms with Crippen LogP contribution in [-0.4, -0.2) is 33.1 Å². The van der Waals surface area contributed by atoms with Crippen LogP contribution in [0, 0.1) is 0 Å². The molecular formula is C26H27ClN4O3S. The lowest BCUT2D eigenvalue weighted by molar-refractivity contribution is -0.138. The summed E-state index contributed by atoms with van der Waals surface area (Å²) >= 11 is 7.86. The highest BCUT2D eigenvalue weighted by Gasteiger charge is 2.35. The summed E-state index contributed by atoms with van der Waals surface area (Å²) in [5.74, 6) is 1.69. The molecule has 1 atom stereocenters. The first-order valence-corrected chi connectivity index (χ1v) is 12.7. The SMILES string of the molecule is C=CCOC(=O)C1=C(C)Nc2nc(SCCC)nn2C1c1cccc(OCc2ccccc2Cl)c1. The Morgan fingerprint density at radius 1 is 1.29 bits per heavy atom. The summed E-state index contributed by atoms with van der Waals surface area (Å²) in [5, 5.41) is 9.23. The highest BCUT2D eigenvalue weighted by atomic mass is 35.5. The fourth-order valence-corrected chi connectivity index (χ4v) is 4.60. The number of rotatable bonds is 10. The van der Waals surface area contributed by atoms with Gasteiger partial charge in [-0.1, -0.05) is 73.3 Å². The van der Waals surface area contributed by atoms with Gasteiger partial charge in [-0.25, -0.2) is 9.48 Å². The predicted molar refractivity (Wildman–Crippen MR) is 139 cm³/mol. The summed E-state index contributed by atoms with van der Waals surface area (Å²) in [4.78, 5) is 17.7. The van der Waals surface area contributed by atoms with Crippen LogP contribution < -0.4 is 10.1 Å². The fraction of sp³-hybridized carbons (Fsp3) is 0.269. The van der Waals surface area contributed by atoms with Crippen molar-refractivity contribution in [2.24, 2.45) is 0 Å². The van der Waals surface area contributed by atoms with Crippen LogP contribution in [0.1, 0.15) is 37.4 Å². The zero-order valence-electron chi connectivity index (χ0n) is 19.7. The van der Waals surface area contributed by atoms with Crippen LogP contribution in [0.2, 0.25) is 5.02 Å². The monoisotopic (exact) mass is 510 g/mol. The number of aromatic nitrogens is 3. The van der Waals surface area contributed by atoms with E-state index < -0.39 is 12.0 Å². The summed E-state index contributed by atoms with van der Waals surface area (Å²) in [6, 6.07) is 14.6. The van der Waals surface area contributed by atoms with Crippen LogP contribution in [0.15, 0.2) is 77.6 Å². The first-order chi connectivity index (χ1) is 17.0. The van der Waals surface area contributed by atoms with Crippen molar-refractivity contribution in [1.29, 1.82) is 0 Å². The average Bonchev–Trinajstić information content (AvgIpc) is 3.27. The number of anilines is 1. The summed E-state index contributed by atoms with van der Waals surface area (Å²) in [6.45, 7) is 8.03. The zero-order valence-corrected chi connectivity index (χ0v) is 21.2. The Hall–Kier alpha value is -3.23. The molecule has 0 saturated carbocycles. The van der Waals surface area contributed by atoms with Gasteiger partial charge in [0.05, 0.1) is 5.57 Å². The van der Waals surface area contributed by atoms with Gasteiger partial charge in [0.1, 0.15) is 25.0 Å². The number of esters is 1. The van der Waals surface area contributed by atoms with E-state index in [0.717, 1.165) is 23.3 Å². The molecule has 0 spiro atoms. The van der Waals surface area contributed by atoms with E-state index in [2.05, 4.69) is 23.8 Å². The Morgan fingerprint density at radius 2 is 2.11 bits per heavy atom. The first kappa shape index (κ1) is 24.9. The maximum absolute atomic E-state index is 13.1. The molecule has 0 fully saturated rings. The minimum absolute atomic E-state index is 0.116. The van der Waals surface area contributed by atoms with Crippen molar-refractivity contribution in [3.63, 3.8) is 0 Å².